The Hall–Kier alpha value is -7.16. The molecule has 0 aliphatic heterocycles. The van der Waals surface area contributed by atoms with Crippen molar-refractivity contribution in [3.8, 4) is 33.6 Å². The summed E-state index contributed by atoms with van der Waals surface area (Å²) in [5.41, 5.74) is 13.6. The first-order valence-corrected chi connectivity index (χ1v) is 19.7. The molecular formula is C54H36N2. The summed E-state index contributed by atoms with van der Waals surface area (Å²) in [5.74, 6) is 0. The molecule has 0 fully saturated rings. The Balaban J connectivity index is 0.990. The fourth-order valence-corrected chi connectivity index (χ4v) is 9.59. The maximum absolute atomic E-state index is 2.42. The molecule has 0 saturated carbocycles. The highest BCUT2D eigenvalue weighted by Crippen LogP contribution is 2.43. The second kappa shape index (κ2) is 11.9. The van der Waals surface area contributed by atoms with Crippen molar-refractivity contribution in [3.05, 3.63) is 194 Å². The fourth-order valence-electron chi connectivity index (χ4n) is 9.59. The molecule has 0 unspecified atom stereocenters. The lowest BCUT2D eigenvalue weighted by Crippen LogP contribution is -1.96. The minimum atomic E-state index is 1.05. The summed E-state index contributed by atoms with van der Waals surface area (Å²) in [5, 5.41) is 12.9. The lowest BCUT2D eigenvalue weighted by molar-refractivity contribution is 1.14. The number of nitrogens with zero attached hydrogens (tertiary/aromatic N) is 2. The third-order valence-corrected chi connectivity index (χ3v) is 12.3. The molecule has 2 heterocycles. The van der Waals surface area contributed by atoms with Crippen LogP contribution in [0.4, 0.5) is 0 Å². The van der Waals surface area contributed by atoms with Gasteiger partial charge in [-0.25, -0.2) is 0 Å². The number of hydrogen-bond donors (Lipinski definition) is 0. The van der Waals surface area contributed by atoms with Crippen molar-refractivity contribution < 1.29 is 0 Å². The average molecular weight is 713 g/mol. The van der Waals surface area contributed by atoms with Gasteiger partial charge in [0.2, 0.25) is 0 Å². The van der Waals surface area contributed by atoms with Crippen molar-refractivity contribution in [1.29, 1.82) is 0 Å². The monoisotopic (exact) mass is 712 g/mol. The van der Waals surface area contributed by atoms with Crippen molar-refractivity contribution in [2.75, 3.05) is 0 Å². The van der Waals surface area contributed by atoms with E-state index in [4.69, 9.17) is 0 Å². The molecule has 0 saturated heterocycles. The van der Waals surface area contributed by atoms with Gasteiger partial charge in [0, 0.05) is 32.9 Å². The Morgan fingerprint density at radius 2 is 0.768 bits per heavy atom. The first-order valence-electron chi connectivity index (χ1n) is 19.7. The SMILES string of the molecule is CCc1ccc(-c2ccc3ccc4c(-c5ccc(-n6c7ccccc7c7cc(-n8c9ccccc9c9ccccc98)ccc76)cc5)ccc5ccc2c3c54)cc1. The summed E-state index contributed by atoms with van der Waals surface area (Å²) in [6.07, 6.45) is 1.05. The molecule has 0 spiro atoms. The Bertz CT molecular complexity index is 3430. The minimum absolute atomic E-state index is 1.05. The van der Waals surface area contributed by atoms with E-state index in [-0.39, 0.29) is 0 Å². The van der Waals surface area contributed by atoms with Crippen molar-refractivity contribution in [3.63, 3.8) is 0 Å². The quantitative estimate of drug-likeness (QED) is 0.157. The molecule has 10 aromatic carbocycles. The number of aryl methyl sites for hydroxylation is 1. The standard InChI is InChI=1S/C54H36N2/c1-2-34-15-17-35(18-16-34)41-28-21-37-24-31-47-42(29-22-38-23-30-46(41)53(37)54(38)47)36-19-25-39(26-20-36)55-51-14-8-5-11-45(51)48-33-40(27-32-52(48)55)56-49-12-6-3-9-43(49)44-10-4-7-13-50(44)56/h3-33H,2H2,1H3. The van der Waals surface area contributed by atoms with E-state index in [9.17, 15) is 0 Å². The normalized spacial score (nSPS) is 12.1. The first-order chi connectivity index (χ1) is 27.7. The molecule has 2 heteroatoms. The van der Waals surface area contributed by atoms with Crippen molar-refractivity contribution in [2.45, 2.75) is 13.3 Å². The lowest BCUT2D eigenvalue weighted by atomic mass is 9.87. The molecule has 0 atom stereocenters. The van der Waals surface area contributed by atoms with Crippen LogP contribution >= 0.6 is 0 Å². The van der Waals surface area contributed by atoms with Gasteiger partial charge < -0.3 is 9.13 Å². The van der Waals surface area contributed by atoms with E-state index in [0.717, 1.165) is 12.1 Å². The third-order valence-electron chi connectivity index (χ3n) is 12.3. The summed E-state index contributed by atoms with van der Waals surface area (Å²) < 4.78 is 4.83. The first kappa shape index (κ1) is 31.2. The van der Waals surface area contributed by atoms with E-state index in [1.807, 2.05) is 0 Å². The maximum Gasteiger partial charge on any atom is 0.0542 e. The predicted octanol–water partition coefficient (Wildman–Crippen LogP) is 14.7. The molecule has 12 aromatic rings. The van der Waals surface area contributed by atoms with Crippen LogP contribution in [-0.4, -0.2) is 9.13 Å². The lowest BCUT2D eigenvalue weighted by Gasteiger charge is -2.17. The summed E-state index contributed by atoms with van der Waals surface area (Å²) in [7, 11) is 0. The molecule has 0 amide bonds. The average Bonchev–Trinajstić information content (AvgIpc) is 3.78. The molecule has 262 valence electrons. The summed E-state index contributed by atoms with van der Waals surface area (Å²) in [4.78, 5) is 0. The highest BCUT2D eigenvalue weighted by molar-refractivity contribution is 6.27. The highest BCUT2D eigenvalue weighted by atomic mass is 15.0. The smallest absolute Gasteiger partial charge is 0.0542 e. The Morgan fingerprint density at radius 1 is 0.339 bits per heavy atom. The van der Waals surface area contributed by atoms with E-state index >= 15 is 0 Å². The number of rotatable bonds is 5. The zero-order chi connectivity index (χ0) is 36.9. The van der Waals surface area contributed by atoms with E-state index in [1.165, 1.54) is 109 Å². The van der Waals surface area contributed by atoms with Crippen molar-refractivity contribution >= 4 is 75.9 Å². The van der Waals surface area contributed by atoms with Gasteiger partial charge in [-0.2, -0.15) is 0 Å². The largest absolute Gasteiger partial charge is 0.309 e. The van der Waals surface area contributed by atoms with Gasteiger partial charge in [0.15, 0.2) is 0 Å². The third kappa shape index (κ3) is 4.44. The molecule has 0 radical (unpaired) electrons. The molecule has 2 nitrogen and oxygen atoms in total. The fraction of sp³-hybridized carbons (Fsp3) is 0.0370. The van der Waals surface area contributed by atoms with Crippen LogP contribution < -0.4 is 0 Å². The predicted molar refractivity (Wildman–Crippen MR) is 239 cm³/mol. The van der Waals surface area contributed by atoms with Gasteiger partial charge in [-0.1, -0.05) is 146 Å². The van der Waals surface area contributed by atoms with Crippen LogP contribution in [0.15, 0.2) is 188 Å². The second-order valence-electron chi connectivity index (χ2n) is 15.2. The molecule has 12 rings (SSSR count). The van der Waals surface area contributed by atoms with Gasteiger partial charge in [0.25, 0.3) is 0 Å². The van der Waals surface area contributed by atoms with Gasteiger partial charge in [0.1, 0.15) is 0 Å². The maximum atomic E-state index is 2.42. The van der Waals surface area contributed by atoms with Gasteiger partial charge in [-0.15, -0.1) is 0 Å². The number of aromatic nitrogens is 2. The minimum Gasteiger partial charge on any atom is -0.309 e. The topological polar surface area (TPSA) is 9.86 Å². The van der Waals surface area contributed by atoms with Crippen LogP contribution in [0.2, 0.25) is 0 Å². The summed E-state index contributed by atoms with van der Waals surface area (Å²) in [6, 6.07) is 69.9. The number of para-hydroxylation sites is 3. The highest BCUT2D eigenvalue weighted by Gasteiger charge is 2.18. The van der Waals surface area contributed by atoms with Crippen LogP contribution in [0.25, 0.3) is 110 Å². The Labute approximate surface area is 324 Å². The zero-order valence-corrected chi connectivity index (χ0v) is 31.0. The van der Waals surface area contributed by atoms with E-state index in [2.05, 4.69) is 204 Å². The van der Waals surface area contributed by atoms with Crippen molar-refractivity contribution in [1.82, 2.24) is 9.13 Å². The van der Waals surface area contributed by atoms with Crippen LogP contribution in [0.5, 0.6) is 0 Å². The Morgan fingerprint density at radius 3 is 1.30 bits per heavy atom. The number of hydrogen-bond acceptors (Lipinski definition) is 0. The van der Waals surface area contributed by atoms with Gasteiger partial charge in [0.05, 0.1) is 22.1 Å². The molecule has 0 aliphatic carbocycles. The number of benzene rings is 10. The van der Waals surface area contributed by atoms with Crippen molar-refractivity contribution in [2.24, 2.45) is 0 Å². The van der Waals surface area contributed by atoms with Gasteiger partial charge >= 0.3 is 0 Å². The molecule has 0 N–H and O–H groups in total. The van der Waals surface area contributed by atoms with Crippen LogP contribution in [-0.2, 0) is 6.42 Å². The van der Waals surface area contributed by atoms with E-state index in [1.54, 1.807) is 0 Å². The molecule has 2 aromatic heterocycles. The van der Waals surface area contributed by atoms with Crippen LogP contribution in [0.1, 0.15) is 12.5 Å². The van der Waals surface area contributed by atoms with E-state index < -0.39 is 0 Å². The van der Waals surface area contributed by atoms with Crippen LogP contribution in [0, 0.1) is 0 Å². The second-order valence-corrected chi connectivity index (χ2v) is 15.2. The Kier molecular flexibility index (Phi) is 6.64. The van der Waals surface area contributed by atoms with Gasteiger partial charge in [-0.3, -0.25) is 0 Å². The van der Waals surface area contributed by atoms with Crippen LogP contribution in [0.3, 0.4) is 0 Å². The summed E-state index contributed by atoms with van der Waals surface area (Å²) >= 11 is 0. The molecule has 56 heavy (non-hydrogen) atoms. The molecular weight excluding hydrogens is 677 g/mol. The number of fused-ring (bicyclic) bond motifs is 6. The molecule has 0 aliphatic rings. The van der Waals surface area contributed by atoms with E-state index in [0.29, 0.717) is 0 Å². The molecule has 0 bridgehead atoms. The van der Waals surface area contributed by atoms with Gasteiger partial charge in [-0.05, 0) is 115 Å². The zero-order valence-electron chi connectivity index (χ0n) is 31.0. The summed E-state index contributed by atoms with van der Waals surface area (Å²) in [6.45, 7) is 2.21.